The van der Waals surface area contributed by atoms with Gasteiger partial charge in [0.1, 0.15) is 12.2 Å². The van der Waals surface area contributed by atoms with Gasteiger partial charge in [-0.2, -0.15) is 5.10 Å². The highest BCUT2D eigenvalue weighted by Crippen LogP contribution is 2.09. The van der Waals surface area contributed by atoms with Crippen LogP contribution in [0.4, 0.5) is 0 Å². The zero-order chi connectivity index (χ0) is 12.3. The van der Waals surface area contributed by atoms with E-state index in [9.17, 15) is 0 Å². The lowest BCUT2D eigenvalue weighted by atomic mass is 10.2. The second-order valence-corrected chi connectivity index (χ2v) is 5.28. The van der Waals surface area contributed by atoms with Gasteiger partial charge in [-0.25, -0.2) is 9.67 Å². The molecule has 1 atom stereocenters. The summed E-state index contributed by atoms with van der Waals surface area (Å²) in [5.74, 6) is 1.70. The number of hydrogen-bond acceptors (Lipinski definition) is 4. The minimum atomic E-state index is 0.577. The third-order valence-electron chi connectivity index (χ3n) is 3.22. The van der Waals surface area contributed by atoms with E-state index in [1.807, 2.05) is 4.68 Å². The minimum absolute atomic E-state index is 0.577. The first-order chi connectivity index (χ1) is 8.16. The predicted octanol–water partition coefficient (Wildman–Crippen LogP) is 0.728. The van der Waals surface area contributed by atoms with E-state index in [-0.39, 0.29) is 0 Å². The quantitative estimate of drug-likeness (QED) is 0.838. The molecule has 5 heteroatoms. The second-order valence-electron chi connectivity index (χ2n) is 5.28. The van der Waals surface area contributed by atoms with Crippen molar-refractivity contribution < 1.29 is 0 Å². The van der Waals surface area contributed by atoms with E-state index in [0.717, 1.165) is 38.5 Å². The van der Waals surface area contributed by atoms with E-state index in [1.54, 1.807) is 6.33 Å². The Bertz CT molecular complexity index is 346. The molecule has 1 aromatic rings. The maximum absolute atomic E-state index is 4.39. The lowest BCUT2D eigenvalue weighted by Crippen LogP contribution is -2.49. The first-order valence-corrected chi connectivity index (χ1v) is 6.48. The van der Waals surface area contributed by atoms with Crippen molar-refractivity contribution in [2.45, 2.75) is 39.9 Å². The Morgan fingerprint density at radius 1 is 1.53 bits per heavy atom. The molecular weight excluding hydrogens is 214 g/mol. The third kappa shape index (κ3) is 3.26. The lowest BCUT2D eigenvalue weighted by molar-refractivity contribution is 0.158. The number of nitrogens with one attached hydrogen (secondary N) is 1. The van der Waals surface area contributed by atoms with Crippen molar-refractivity contribution >= 4 is 0 Å². The topological polar surface area (TPSA) is 46.0 Å². The fourth-order valence-corrected chi connectivity index (χ4v) is 2.21. The Labute approximate surface area is 103 Å². The molecule has 1 saturated heterocycles. The van der Waals surface area contributed by atoms with E-state index < -0.39 is 0 Å². The Hall–Kier alpha value is -0.940. The van der Waals surface area contributed by atoms with Gasteiger partial charge in [0.05, 0.1) is 6.54 Å². The van der Waals surface area contributed by atoms with Crippen LogP contribution in [0.15, 0.2) is 6.33 Å². The highest BCUT2D eigenvalue weighted by atomic mass is 15.4. The van der Waals surface area contributed by atoms with Gasteiger partial charge in [-0.3, -0.25) is 4.90 Å². The first-order valence-electron chi connectivity index (χ1n) is 6.48. The molecule has 1 aliphatic heterocycles. The molecule has 5 nitrogen and oxygen atoms in total. The maximum atomic E-state index is 4.39. The third-order valence-corrected chi connectivity index (χ3v) is 3.22. The Kier molecular flexibility index (Phi) is 4.12. The van der Waals surface area contributed by atoms with Crippen LogP contribution in [0.5, 0.6) is 0 Å². The molecule has 1 fully saturated rings. The Morgan fingerprint density at radius 3 is 3.06 bits per heavy atom. The summed E-state index contributed by atoms with van der Waals surface area (Å²) >= 11 is 0. The van der Waals surface area contributed by atoms with Gasteiger partial charge in [0, 0.05) is 32.2 Å². The van der Waals surface area contributed by atoms with Gasteiger partial charge in [0.15, 0.2) is 0 Å². The molecule has 0 aliphatic carbocycles. The molecule has 1 aliphatic rings. The number of rotatable bonds is 4. The van der Waals surface area contributed by atoms with Gasteiger partial charge in [-0.1, -0.05) is 13.8 Å². The van der Waals surface area contributed by atoms with Crippen molar-refractivity contribution in [3.05, 3.63) is 12.2 Å². The summed E-state index contributed by atoms with van der Waals surface area (Å²) < 4.78 is 2.04. The molecule has 0 radical (unpaired) electrons. The highest BCUT2D eigenvalue weighted by Gasteiger charge is 2.20. The fraction of sp³-hybridized carbons (Fsp3) is 0.833. The normalized spacial score (nSPS) is 22.2. The summed E-state index contributed by atoms with van der Waals surface area (Å²) in [6.07, 6.45) is 1.67. The Balaban J connectivity index is 1.99. The Morgan fingerprint density at radius 2 is 2.35 bits per heavy atom. The zero-order valence-corrected chi connectivity index (χ0v) is 11.1. The molecule has 96 valence electrons. The van der Waals surface area contributed by atoms with E-state index in [1.165, 1.54) is 0 Å². The molecule has 2 heterocycles. The van der Waals surface area contributed by atoms with E-state index in [0.29, 0.717) is 12.0 Å². The molecule has 1 N–H and O–H groups in total. The lowest BCUT2D eigenvalue weighted by Gasteiger charge is -2.33. The average Bonchev–Trinajstić information content (AvgIpc) is 2.68. The monoisotopic (exact) mass is 237 g/mol. The molecule has 0 bridgehead atoms. The molecule has 1 aromatic heterocycles. The van der Waals surface area contributed by atoms with Gasteiger partial charge in [0.25, 0.3) is 0 Å². The van der Waals surface area contributed by atoms with Crippen molar-refractivity contribution in [2.75, 3.05) is 19.6 Å². The van der Waals surface area contributed by atoms with Crippen molar-refractivity contribution in [1.29, 1.82) is 0 Å². The van der Waals surface area contributed by atoms with Crippen molar-refractivity contribution in [2.24, 2.45) is 5.92 Å². The summed E-state index contributed by atoms with van der Waals surface area (Å²) in [6, 6.07) is 0.577. The van der Waals surface area contributed by atoms with Crippen LogP contribution in [0.1, 0.15) is 26.6 Å². The zero-order valence-electron chi connectivity index (χ0n) is 11.1. The minimum Gasteiger partial charge on any atom is -0.314 e. The average molecular weight is 237 g/mol. The van der Waals surface area contributed by atoms with Gasteiger partial charge in [-0.05, 0) is 12.8 Å². The molecule has 0 aromatic carbocycles. The van der Waals surface area contributed by atoms with Gasteiger partial charge in [0.2, 0.25) is 0 Å². The summed E-state index contributed by atoms with van der Waals surface area (Å²) in [5, 5.41) is 7.72. The van der Waals surface area contributed by atoms with E-state index >= 15 is 0 Å². The highest BCUT2D eigenvalue weighted by molar-refractivity contribution is 4.88. The largest absolute Gasteiger partial charge is 0.314 e. The maximum Gasteiger partial charge on any atom is 0.141 e. The summed E-state index contributed by atoms with van der Waals surface area (Å²) in [6.45, 7) is 11.8. The molecule has 0 spiro atoms. The standard InChI is InChI=1S/C12H23N5/c1-10(2)7-17-12(14-9-15-17)8-16-5-4-13-6-11(16)3/h9-11,13H,4-8H2,1-3H3. The summed E-state index contributed by atoms with van der Waals surface area (Å²) in [7, 11) is 0. The van der Waals surface area contributed by atoms with Crippen LogP contribution < -0.4 is 5.32 Å². The number of piperazine rings is 1. The SMILES string of the molecule is CC(C)Cn1ncnc1CN1CCNCC1C. The molecule has 2 rings (SSSR count). The number of aromatic nitrogens is 3. The van der Waals surface area contributed by atoms with Crippen molar-refractivity contribution in [3.8, 4) is 0 Å². The van der Waals surface area contributed by atoms with Crippen LogP contribution in [-0.4, -0.2) is 45.3 Å². The van der Waals surface area contributed by atoms with E-state index in [2.05, 4.69) is 41.1 Å². The molecule has 0 saturated carbocycles. The van der Waals surface area contributed by atoms with Gasteiger partial charge in [-0.15, -0.1) is 0 Å². The summed E-state index contributed by atoms with van der Waals surface area (Å²) in [5.41, 5.74) is 0. The van der Waals surface area contributed by atoms with Crippen LogP contribution in [0.3, 0.4) is 0 Å². The first kappa shape index (κ1) is 12.5. The fourth-order valence-electron chi connectivity index (χ4n) is 2.21. The number of nitrogens with zero attached hydrogens (tertiary/aromatic N) is 4. The number of hydrogen-bond donors (Lipinski definition) is 1. The van der Waals surface area contributed by atoms with E-state index in [4.69, 9.17) is 0 Å². The van der Waals surface area contributed by atoms with Gasteiger partial charge >= 0.3 is 0 Å². The van der Waals surface area contributed by atoms with Crippen molar-refractivity contribution in [1.82, 2.24) is 25.0 Å². The summed E-state index contributed by atoms with van der Waals surface area (Å²) in [4.78, 5) is 6.86. The van der Waals surface area contributed by atoms with Crippen molar-refractivity contribution in [3.63, 3.8) is 0 Å². The van der Waals surface area contributed by atoms with Crippen LogP contribution in [0, 0.1) is 5.92 Å². The molecular formula is C12H23N5. The molecule has 1 unspecified atom stereocenters. The second kappa shape index (κ2) is 5.60. The van der Waals surface area contributed by atoms with Gasteiger partial charge < -0.3 is 5.32 Å². The van der Waals surface area contributed by atoms with Crippen LogP contribution >= 0.6 is 0 Å². The predicted molar refractivity (Wildman–Crippen MR) is 67.6 cm³/mol. The molecule has 0 amide bonds. The smallest absolute Gasteiger partial charge is 0.141 e. The van der Waals surface area contributed by atoms with Crippen LogP contribution in [-0.2, 0) is 13.1 Å². The molecule has 17 heavy (non-hydrogen) atoms. The van der Waals surface area contributed by atoms with Crippen LogP contribution in [0.25, 0.3) is 0 Å². The van der Waals surface area contributed by atoms with Crippen LogP contribution in [0.2, 0.25) is 0 Å².